The van der Waals surface area contributed by atoms with Gasteiger partial charge in [0.15, 0.2) is 0 Å². The fourth-order valence-electron chi connectivity index (χ4n) is 10.0. The molecule has 4 heteroatoms. The number of aromatic nitrogens is 2. The van der Waals surface area contributed by atoms with E-state index in [1.54, 1.807) is 0 Å². The highest BCUT2D eigenvalue weighted by atomic mass is 16.3. The SMILES string of the molecule is c1ccc(-c2oc3c(c2-c2ccccc2)-n2c4ccccc4c4c(-c5ccc6ccccc6c5)c5c6ccccc6n6c5c(c42)B3c2ccccc2-6)cc1. The van der Waals surface area contributed by atoms with E-state index in [1.165, 1.54) is 82.1 Å². The molecule has 11 aromatic rings. The van der Waals surface area contributed by atoms with E-state index in [1.807, 2.05) is 0 Å². The van der Waals surface area contributed by atoms with E-state index in [4.69, 9.17) is 4.42 Å². The highest BCUT2D eigenvalue weighted by Crippen LogP contribution is 2.50. The number of hydrogen-bond acceptors (Lipinski definition) is 1. The largest absolute Gasteiger partial charge is 0.467 e. The molecular formula is C50H29BN2O. The van der Waals surface area contributed by atoms with Crippen LogP contribution in [0.5, 0.6) is 0 Å². The zero-order valence-electron chi connectivity index (χ0n) is 29.1. The number of benzene rings is 8. The van der Waals surface area contributed by atoms with E-state index in [2.05, 4.69) is 185 Å². The summed E-state index contributed by atoms with van der Waals surface area (Å²) in [5.74, 6) is 0.903. The van der Waals surface area contributed by atoms with Gasteiger partial charge < -0.3 is 13.6 Å². The first-order valence-corrected chi connectivity index (χ1v) is 18.7. The summed E-state index contributed by atoms with van der Waals surface area (Å²) in [6.07, 6.45) is 0. The minimum Gasteiger partial charge on any atom is -0.467 e. The average Bonchev–Trinajstić information content (AvgIpc) is 3.91. The smallest absolute Gasteiger partial charge is 0.297 e. The summed E-state index contributed by atoms with van der Waals surface area (Å²) in [6, 6.07) is 64.2. The zero-order chi connectivity index (χ0) is 35.1. The molecule has 248 valence electrons. The predicted molar refractivity (Wildman–Crippen MR) is 226 cm³/mol. The van der Waals surface area contributed by atoms with Gasteiger partial charge in [-0.05, 0) is 57.1 Å². The van der Waals surface area contributed by atoms with Crippen molar-refractivity contribution in [3.63, 3.8) is 0 Å². The Morgan fingerprint density at radius 1 is 0.444 bits per heavy atom. The van der Waals surface area contributed by atoms with Gasteiger partial charge in [-0.15, -0.1) is 0 Å². The number of furan rings is 1. The Hall–Kier alpha value is -7.04. The van der Waals surface area contributed by atoms with Gasteiger partial charge in [0.1, 0.15) is 5.76 Å². The molecule has 13 rings (SSSR count). The fourth-order valence-corrected chi connectivity index (χ4v) is 10.0. The number of fused-ring (bicyclic) bond motifs is 13. The summed E-state index contributed by atoms with van der Waals surface area (Å²) >= 11 is 0. The molecule has 8 aromatic carbocycles. The third-order valence-corrected chi connectivity index (χ3v) is 12.1. The Morgan fingerprint density at radius 3 is 1.80 bits per heavy atom. The molecule has 0 unspecified atom stereocenters. The van der Waals surface area contributed by atoms with Crippen LogP contribution in [0.25, 0.3) is 99.3 Å². The van der Waals surface area contributed by atoms with Gasteiger partial charge in [0.2, 0.25) is 0 Å². The van der Waals surface area contributed by atoms with Crippen molar-refractivity contribution in [3.8, 4) is 45.0 Å². The highest BCUT2D eigenvalue weighted by Gasteiger charge is 2.46. The van der Waals surface area contributed by atoms with Crippen molar-refractivity contribution >= 4 is 77.7 Å². The Bertz CT molecular complexity index is 3390. The summed E-state index contributed by atoms with van der Waals surface area (Å²) < 4.78 is 12.5. The minimum absolute atomic E-state index is 0.111. The van der Waals surface area contributed by atoms with Crippen LogP contribution in [0.1, 0.15) is 0 Å². The van der Waals surface area contributed by atoms with Gasteiger partial charge in [-0.1, -0.05) is 152 Å². The molecule has 5 heterocycles. The maximum atomic E-state index is 7.43. The van der Waals surface area contributed by atoms with Crippen LogP contribution in [0.2, 0.25) is 0 Å². The lowest BCUT2D eigenvalue weighted by atomic mass is 9.36. The van der Waals surface area contributed by atoms with Crippen molar-refractivity contribution in [2.75, 3.05) is 0 Å². The minimum atomic E-state index is -0.111. The Labute approximate surface area is 311 Å². The van der Waals surface area contributed by atoms with Gasteiger partial charge in [-0.25, -0.2) is 0 Å². The first-order chi connectivity index (χ1) is 26.8. The molecule has 0 bridgehead atoms. The first kappa shape index (κ1) is 28.5. The Kier molecular flexibility index (Phi) is 5.45. The van der Waals surface area contributed by atoms with E-state index in [-0.39, 0.29) is 6.71 Å². The number of para-hydroxylation sites is 3. The quantitative estimate of drug-likeness (QED) is 0.170. The number of nitrogens with zero attached hydrogens (tertiary/aromatic N) is 2. The lowest BCUT2D eigenvalue weighted by molar-refractivity contribution is 0.615. The van der Waals surface area contributed by atoms with E-state index in [0.29, 0.717) is 0 Å². The van der Waals surface area contributed by atoms with E-state index in [0.717, 1.165) is 33.8 Å². The van der Waals surface area contributed by atoms with Gasteiger partial charge in [0.05, 0.1) is 39.0 Å². The van der Waals surface area contributed by atoms with Crippen molar-refractivity contribution in [3.05, 3.63) is 176 Å². The normalized spacial score (nSPS) is 12.8. The maximum Gasteiger partial charge on any atom is 0.297 e. The summed E-state index contributed by atoms with van der Waals surface area (Å²) in [7, 11) is 0. The molecule has 3 aromatic heterocycles. The van der Waals surface area contributed by atoms with E-state index >= 15 is 0 Å². The highest BCUT2D eigenvalue weighted by molar-refractivity contribution is 7.00. The lowest BCUT2D eigenvalue weighted by Gasteiger charge is -2.31. The molecule has 0 aliphatic carbocycles. The van der Waals surface area contributed by atoms with Crippen LogP contribution in [-0.4, -0.2) is 15.8 Å². The molecule has 0 saturated heterocycles. The summed E-state index contributed by atoms with van der Waals surface area (Å²) in [4.78, 5) is 0. The fraction of sp³-hybridized carbons (Fsp3) is 0. The summed E-state index contributed by atoms with van der Waals surface area (Å²) in [5, 5.41) is 7.59. The molecule has 0 spiro atoms. The average molecular weight is 685 g/mol. The van der Waals surface area contributed by atoms with Crippen LogP contribution in [0.3, 0.4) is 0 Å². The van der Waals surface area contributed by atoms with Crippen LogP contribution < -0.4 is 16.6 Å². The molecule has 2 aliphatic rings. The molecule has 54 heavy (non-hydrogen) atoms. The van der Waals surface area contributed by atoms with Crippen molar-refractivity contribution in [1.29, 1.82) is 0 Å². The van der Waals surface area contributed by atoms with Crippen LogP contribution in [0.15, 0.2) is 180 Å². The standard InChI is InChI=1S/C50H29BN2O/c1-3-16-31(17-4-1)42-48-50(54-49(42)32-18-5-2-6-19-32)51-37-23-11-14-26-40(37)52-38-24-12-9-21-35(38)43-41(34-28-27-30-15-7-8-20-33(30)29-34)44-36-22-10-13-25-39(36)53(48)47(44)45(51)46(43)52/h1-29H. The van der Waals surface area contributed by atoms with E-state index < -0.39 is 0 Å². The van der Waals surface area contributed by atoms with Gasteiger partial charge in [0.25, 0.3) is 6.71 Å². The maximum absolute atomic E-state index is 7.43. The van der Waals surface area contributed by atoms with E-state index in [9.17, 15) is 0 Å². The van der Waals surface area contributed by atoms with Crippen LogP contribution >= 0.6 is 0 Å². The van der Waals surface area contributed by atoms with Crippen LogP contribution in [-0.2, 0) is 0 Å². The molecule has 0 amide bonds. The van der Waals surface area contributed by atoms with Gasteiger partial charge in [-0.2, -0.15) is 0 Å². The van der Waals surface area contributed by atoms with Gasteiger partial charge in [0, 0.05) is 38.4 Å². The first-order valence-electron chi connectivity index (χ1n) is 18.7. The Balaban J connectivity index is 1.33. The van der Waals surface area contributed by atoms with Crippen molar-refractivity contribution in [1.82, 2.24) is 9.13 Å². The topological polar surface area (TPSA) is 23.0 Å². The molecule has 0 N–H and O–H groups in total. The van der Waals surface area contributed by atoms with Crippen LogP contribution in [0, 0.1) is 0 Å². The van der Waals surface area contributed by atoms with Crippen molar-refractivity contribution < 1.29 is 4.42 Å². The molecule has 0 saturated carbocycles. The monoisotopic (exact) mass is 684 g/mol. The number of rotatable bonds is 3. The predicted octanol–water partition coefficient (Wildman–Crippen LogP) is 10.8. The summed E-state index contributed by atoms with van der Waals surface area (Å²) in [6.45, 7) is -0.111. The Morgan fingerprint density at radius 2 is 1.04 bits per heavy atom. The second-order valence-corrected chi connectivity index (χ2v) is 14.7. The number of hydrogen-bond donors (Lipinski definition) is 0. The molecular weight excluding hydrogens is 655 g/mol. The molecule has 0 radical (unpaired) electrons. The zero-order valence-corrected chi connectivity index (χ0v) is 29.1. The van der Waals surface area contributed by atoms with Gasteiger partial charge in [-0.3, -0.25) is 0 Å². The molecule has 0 fully saturated rings. The van der Waals surface area contributed by atoms with Gasteiger partial charge >= 0.3 is 0 Å². The molecule has 3 nitrogen and oxygen atoms in total. The second-order valence-electron chi connectivity index (χ2n) is 14.7. The third kappa shape index (κ3) is 3.48. The second kappa shape index (κ2) is 10.3. The van der Waals surface area contributed by atoms with Crippen LogP contribution in [0.4, 0.5) is 0 Å². The molecule has 2 aliphatic heterocycles. The third-order valence-electron chi connectivity index (χ3n) is 12.1. The van der Waals surface area contributed by atoms with Crippen molar-refractivity contribution in [2.24, 2.45) is 0 Å². The van der Waals surface area contributed by atoms with Crippen molar-refractivity contribution in [2.45, 2.75) is 0 Å². The summed E-state index contributed by atoms with van der Waals surface area (Å²) in [5.41, 5.74) is 16.7. The lowest BCUT2D eigenvalue weighted by Crippen LogP contribution is -2.58. The molecule has 0 atom stereocenters.